The van der Waals surface area contributed by atoms with E-state index in [1.54, 1.807) is 0 Å². The molecule has 0 bridgehead atoms. The first-order valence-electron chi connectivity index (χ1n) is 7.80. The minimum Gasteiger partial charge on any atom is -0.466 e. The Morgan fingerprint density at radius 2 is 2.14 bits per heavy atom. The van der Waals surface area contributed by atoms with Crippen LogP contribution >= 0.6 is 24.0 Å². The Bertz CT molecular complexity index is 370. The first-order valence-corrected chi connectivity index (χ1v) is 7.80. The van der Waals surface area contributed by atoms with Crippen LogP contribution in [0.3, 0.4) is 0 Å². The molecule has 0 aromatic heterocycles. The maximum absolute atomic E-state index is 11.3. The van der Waals surface area contributed by atoms with E-state index in [4.69, 9.17) is 4.74 Å². The molecular formula is C15H28IN3O2. The van der Waals surface area contributed by atoms with Gasteiger partial charge in [0.15, 0.2) is 5.96 Å². The molecule has 0 radical (unpaired) electrons. The first kappa shape index (κ1) is 18.5. The van der Waals surface area contributed by atoms with E-state index < -0.39 is 0 Å². The number of hydrogen-bond acceptors (Lipinski definition) is 3. The van der Waals surface area contributed by atoms with Crippen molar-refractivity contribution >= 4 is 35.9 Å². The van der Waals surface area contributed by atoms with Gasteiger partial charge in [-0.3, -0.25) is 9.79 Å². The fourth-order valence-electron chi connectivity index (χ4n) is 3.20. The van der Waals surface area contributed by atoms with Gasteiger partial charge in [0.25, 0.3) is 0 Å². The summed E-state index contributed by atoms with van der Waals surface area (Å²) in [6.45, 7) is 5.32. The minimum absolute atomic E-state index is 0. The summed E-state index contributed by atoms with van der Waals surface area (Å²) in [7, 11) is 1.83. The lowest BCUT2D eigenvalue weighted by atomic mass is 9.68. The summed E-state index contributed by atoms with van der Waals surface area (Å²) in [5.74, 6) is 0.872. The van der Waals surface area contributed by atoms with E-state index in [1.807, 2.05) is 14.0 Å². The molecule has 122 valence electrons. The van der Waals surface area contributed by atoms with Gasteiger partial charge in [-0.05, 0) is 38.0 Å². The van der Waals surface area contributed by atoms with Crippen molar-refractivity contribution in [2.75, 3.05) is 33.3 Å². The molecule has 5 nitrogen and oxygen atoms in total. The van der Waals surface area contributed by atoms with Crippen LogP contribution in [-0.2, 0) is 9.53 Å². The number of esters is 1. The highest BCUT2D eigenvalue weighted by atomic mass is 127. The Morgan fingerprint density at radius 1 is 1.38 bits per heavy atom. The van der Waals surface area contributed by atoms with Gasteiger partial charge in [-0.25, -0.2) is 0 Å². The average molecular weight is 409 g/mol. The second-order valence-corrected chi connectivity index (χ2v) is 5.91. The maximum atomic E-state index is 11.3. The molecule has 0 amide bonds. The van der Waals surface area contributed by atoms with E-state index in [0.29, 0.717) is 18.4 Å². The number of guanidine groups is 1. The largest absolute Gasteiger partial charge is 0.466 e. The normalized spacial score (nSPS) is 19.9. The average Bonchev–Trinajstić information content (AvgIpc) is 2.84. The van der Waals surface area contributed by atoms with Crippen LogP contribution in [0.15, 0.2) is 4.99 Å². The van der Waals surface area contributed by atoms with Crippen molar-refractivity contribution in [3.8, 4) is 0 Å². The number of hydrogen-bond donors (Lipinski definition) is 1. The Labute approximate surface area is 144 Å². The fraction of sp³-hybridized carbons (Fsp3) is 0.867. The maximum Gasteiger partial charge on any atom is 0.305 e. The first-order chi connectivity index (χ1) is 9.69. The lowest BCUT2D eigenvalue weighted by Gasteiger charge is -2.38. The third-order valence-corrected chi connectivity index (χ3v) is 4.51. The molecule has 2 rings (SSSR count). The Balaban J connectivity index is 0.00000220. The third-order valence-electron chi connectivity index (χ3n) is 4.51. The molecule has 6 heteroatoms. The van der Waals surface area contributed by atoms with Gasteiger partial charge in [0, 0.05) is 33.1 Å². The molecule has 2 fully saturated rings. The summed E-state index contributed by atoms with van der Waals surface area (Å²) in [6, 6.07) is 0. The highest BCUT2D eigenvalue weighted by Crippen LogP contribution is 2.47. The number of rotatable bonds is 5. The Kier molecular flexibility index (Phi) is 7.76. The Hall–Kier alpha value is -0.530. The van der Waals surface area contributed by atoms with Crippen molar-refractivity contribution in [2.45, 2.75) is 45.4 Å². The molecule has 21 heavy (non-hydrogen) atoms. The van der Waals surface area contributed by atoms with Crippen LogP contribution in [0.1, 0.15) is 45.4 Å². The quantitative estimate of drug-likeness (QED) is 0.249. The zero-order chi connectivity index (χ0) is 14.4. The zero-order valence-electron chi connectivity index (χ0n) is 13.2. The molecule has 1 aliphatic heterocycles. The highest BCUT2D eigenvalue weighted by Gasteiger charge is 2.43. The van der Waals surface area contributed by atoms with Crippen LogP contribution in [0, 0.1) is 5.41 Å². The molecule has 1 heterocycles. The number of nitrogens with zero attached hydrogens (tertiary/aromatic N) is 2. The van der Waals surface area contributed by atoms with E-state index in [2.05, 4.69) is 15.2 Å². The number of aliphatic imine (C=N–C) groups is 1. The summed E-state index contributed by atoms with van der Waals surface area (Å²) >= 11 is 0. The van der Waals surface area contributed by atoms with Crippen molar-refractivity contribution in [3.05, 3.63) is 0 Å². The standard InChI is InChI=1S/C15H27N3O2.HI/c1-3-20-13(19)6-4-10-17-14(16-2)18-11-9-15(12-18)7-5-8-15;/h3-12H2,1-2H3,(H,16,17);1H. The summed E-state index contributed by atoms with van der Waals surface area (Å²) < 4.78 is 4.92. The molecule has 1 spiro atoms. The molecule has 2 aliphatic rings. The van der Waals surface area contributed by atoms with Crippen LogP contribution in [-0.4, -0.2) is 50.1 Å². The molecule has 0 atom stereocenters. The lowest BCUT2D eigenvalue weighted by molar-refractivity contribution is -0.143. The van der Waals surface area contributed by atoms with Gasteiger partial charge < -0.3 is 15.0 Å². The van der Waals surface area contributed by atoms with Crippen LogP contribution in [0.2, 0.25) is 0 Å². The monoisotopic (exact) mass is 409 g/mol. The summed E-state index contributed by atoms with van der Waals surface area (Å²) in [4.78, 5) is 18.0. The van der Waals surface area contributed by atoms with Gasteiger partial charge in [0.2, 0.25) is 0 Å². The molecule has 1 N–H and O–H groups in total. The summed E-state index contributed by atoms with van der Waals surface area (Å²) in [6.07, 6.45) is 6.71. The number of carbonyl (C=O) groups excluding carboxylic acids is 1. The van der Waals surface area contributed by atoms with Gasteiger partial charge in [0.1, 0.15) is 0 Å². The lowest BCUT2D eigenvalue weighted by Crippen LogP contribution is -2.42. The van der Waals surface area contributed by atoms with E-state index >= 15 is 0 Å². The number of likely N-dealkylation sites (tertiary alicyclic amines) is 1. The van der Waals surface area contributed by atoms with Crippen molar-refractivity contribution in [2.24, 2.45) is 10.4 Å². The topological polar surface area (TPSA) is 53.9 Å². The van der Waals surface area contributed by atoms with Gasteiger partial charge in [-0.15, -0.1) is 24.0 Å². The third kappa shape index (κ3) is 5.00. The van der Waals surface area contributed by atoms with E-state index in [1.165, 1.54) is 25.7 Å². The molecule has 1 aliphatic carbocycles. The van der Waals surface area contributed by atoms with Crippen LogP contribution < -0.4 is 5.32 Å². The molecule has 0 unspecified atom stereocenters. The predicted molar refractivity (Wildman–Crippen MR) is 95.1 cm³/mol. The van der Waals surface area contributed by atoms with E-state index in [0.717, 1.165) is 32.0 Å². The van der Waals surface area contributed by atoms with E-state index in [9.17, 15) is 4.79 Å². The van der Waals surface area contributed by atoms with Gasteiger partial charge in [-0.1, -0.05) is 6.42 Å². The summed E-state index contributed by atoms with van der Waals surface area (Å²) in [5.41, 5.74) is 0.586. The van der Waals surface area contributed by atoms with Crippen molar-refractivity contribution in [1.82, 2.24) is 10.2 Å². The second kappa shape index (κ2) is 8.80. The zero-order valence-corrected chi connectivity index (χ0v) is 15.5. The molecule has 1 saturated carbocycles. The highest BCUT2D eigenvalue weighted by molar-refractivity contribution is 14.0. The van der Waals surface area contributed by atoms with Gasteiger partial charge in [-0.2, -0.15) is 0 Å². The van der Waals surface area contributed by atoms with E-state index in [-0.39, 0.29) is 29.9 Å². The smallest absolute Gasteiger partial charge is 0.305 e. The number of halogens is 1. The van der Waals surface area contributed by atoms with Crippen molar-refractivity contribution < 1.29 is 9.53 Å². The number of ether oxygens (including phenoxy) is 1. The van der Waals surface area contributed by atoms with Gasteiger partial charge in [0.05, 0.1) is 6.61 Å². The van der Waals surface area contributed by atoms with Gasteiger partial charge >= 0.3 is 5.97 Å². The van der Waals surface area contributed by atoms with Crippen LogP contribution in [0.4, 0.5) is 0 Å². The van der Waals surface area contributed by atoms with Crippen LogP contribution in [0.5, 0.6) is 0 Å². The predicted octanol–water partition coefficient (Wildman–Crippen LogP) is 2.40. The summed E-state index contributed by atoms with van der Waals surface area (Å²) in [5, 5.41) is 3.36. The number of carbonyl (C=O) groups is 1. The fourth-order valence-corrected chi connectivity index (χ4v) is 3.20. The minimum atomic E-state index is -0.112. The SMILES string of the molecule is CCOC(=O)CCCNC(=NC)N1CCC2(CCC2)C1.I. The Morgan fingerprint density at radius 3 is 2.67 bits per heavy atom. The molecule has 1 saturated heterocycles. The molecular weight excluding hydrogens is 381 g/mol. The molecule has 0 aromatic carbocycles. The number of nitrogens with one attached hydrogen (secondary N) is 1. The second-order valence-electron chi connectivity index (χ2n) is 5.91. The molecule has 0 aromatic rings. The van der Waals surface area contributed by atoms with Crippen molar-refractivity contribution in [1.29, 1.82) is 0 Å². The van der Waals surface area contributed by atoms with Crippen LogP contribution in [0.25, 0.3) is 0 Å². The van der Waals surface area contributed by atoms with Crippen molar-refractivity contribution in [3.63, 3.8) is 0 Å².